The summed E-state index contributed by atoms with van der Waals surface area (Å²) in [7, 11) is 1.25. The molecule has 18 heavy (non-hydrogen) atoms. The quantitative estimate of drug-likeness (QED) is 0.630. The molecule has 2 N–H and O–H groups in total. The highest BCUT2D eigenvalue weighted by atomic mass is 16.6. The maximum absolute atomic E-state index is 11.5. The molecule has 0 spiro atoms. The number of rotatable bonds is 5. The number of nitrogens with two attached hydrogens (primary N) is 1. The fourth-order valence-corrected chi connectivity index (χ4v) is 1.47. The number of ether oxygens (including phenoxy) is 2. The topological polar surface area (TPSA) is 78.6 Å². The van der Waals surface area contributed by atoms with Crippen LogP contribution in [0.15, 0.2) is 24.3 Å². The van der Waals surface area contributed by atoms with E-state index in [1.165, 1.54) is 14.0 Å². The Morgan fingerprint density at radius 2 is 2.11 bits per heavy atom. The smallest absolute Gasteiger partial charge is 0.346 e. The number of hydrogen-bond donors (Lipinski definition) is 1. The molecule has 1 atom stereocenters. The summed E-state index contributed by atoms with van der Waals surface area (Å²) in [4.78, 5) is 22.5. The molecular formula is C13H17NO4. The second-order valence-corrected chi connectivity index (χ2v) is 3.90. The predicted molar refractivity (Wildman–Crippen MR) is 66.7 cm³/mol. The molecule has 0 radical (unpaired) electrons. The van der Waals surface area contributed by atoms with Gasteiger partial charge < -0.3 is 15.2 Å². The molecule has 0 bridgehead atoms. The predicted octanol–water partition coefficient (Wildman–Crippen LogP) is 1.31. The molecule has 1 aromatic rings. The molecule has 0 amide bonds. The van der Waals surface area contributed by atoms with Crippen LogP contribution in [0.2, 0.25) is 0 Å². The van der Waals surface area contributed by atoms with Crippen molar-refractivity contribution in [2.24, 2.45) is 0 Å². The van der Waals surface area contributed by atoms with E-state index in [0.29, 0.717) is 12.1 Å². The van der Waals surface area contributed by atoms with Crippen LogP contribution in [-0.4, -0.2) is 25.2 Å². The SMILES string of the molecule is COC(=O)C(C)OC(=O)CCc1cccc(N)c1. The van der Waals surface area contributed by atoms with Crippen LogP contribution in [-0.2, 0) is 25.5 Å². The fraction of sp³-hybridized carbons (Fsp3) is 0.385. The molecule has 0 saturated carbocycles. The van der Waals surface area contributed by atoms with Gasteiger partial charge in [-0.25, -0.2) is 4.79 Å². The Balaban J connectivity index is 2.40. The number of hydrogen-bond acceptors (Lipinski definition) is 5. The number of benzene rings is 1. The molecule has 5 heteroatoms. The summed E-state index contributed by atoms with van der Waals surface area (Å²) in [5, 5.41) is 0. The summed E-state index contributed by atoms with van der Waals surface area (Å²) in [5.74, 6) is -0.998. The van der Waals surface area contributed by atoms with E-state index in [0.717, 1.165) is 5.56 Å². The molecule has 1 aromatic carbocycles. The van der Waals surface area contributed by atoms with Crippen molar-refractivity contribution in [3.63, 3.8) is 0 Å². The van der Waals surface area contributed by atoms with E-state index in [9.17, 15) is 9.59 Å². The van der Waals surface area contributed by atoms with Gasteiger partial charge >= 0.3 is 11.9 Å². The largest absolute Gasteiger partial charge is 0.466 e. The van der Waals surface area contributed by atoms with Gasteiger partial charge in [-0.1, -0.05) is 12.1 Å². The molecule has 0 aliphatic rings. The van der Waals surface area contributed by atoms with Crippen molar-refractivity contribution in [3.05, 3.63) is 29.8 Å². The standard InChI is InChI=1S/C13H17NO4/c1-9(13(16)17-2)18-12(15)7-6-10-4-3-5-11(14)8-10/h3-5,8-9H,6-7,14H2,1-2H3. The number of aryl methyl sites for hydroxylation is 1. The highest BCUT2D eigenvalue weighted by Crippen LogP contribution is 2.09. The first-order chi connectivity index (χ1) is 8.52. The number of carbonyl (C=O) groups excluding carboxylic acids is 2. The summed E-state index contributed by atoms with van der Waals surface area (Å²) in [5.41, 5.74) is 7.24. The highest BCUT2D eigenvalue weighted by Gasteiger charge is 2.17. The normalized spacial score (nSPS) is 11.7. The van der Waals surface area contributed by atoms with E-state index in [1.807, 2.05) is 12.1 Å². The van der Waals surface area contributed by atoms with Crippen LogP contribution in [0.4, 0.5) is 5.69 Å². The molecule has 0 aliphatic carbocycles. The summed E-state index contributed by atoms with van der Waals surface area (Å²) in [6.07, 6.45) is -0.147. The Morgan fingerprint density at radius 3 is 2.72 bits per heavy atom. The van der Waals surface area contributed by atoms with E-state index >= 15 is 0 Å². The van der Waals surface area contributed by atoms with E-state index in [1.54, 1.807) is 12.1 Å². The summed E-state index contributed by atoms with van der Waals surface area (Å²) in [6.45, 7) is 1.48. The van der Waals surface area contributed by atoms with Gasteiger partial charge in [0.05, 0.1) is 7.11 Å². The molecule has 5 nitrogen and oxygen atoms in total. The van der Waals surface area contributed by atoms with Gasteiger partial charge in [-0.2, -0.15) is 0 Å². The highest BCUT2D eigenvalue weighted by molar-refractivity contribution is 5.79. The van der Waals surface area contributed by atoms with Gasteiger partial charge in [-0.15, -0.1) is 0 Å². The molecule has 1 rings (SSSR count). The molecule has 0 aromatic heterocycles. The maximum Gasteiger partial charge on any atom is 0.346 e. The van der Waals surface area contributed by atoms with Crippen LogP contribution in [0.1, 0.15) is 18.9 Å². The van der Waals surface area contributed by atoms with Crippen molar-refractivity contribution in [2.45, 2.75) is 25.9 Å². The molecule has 98 valence electrons. The van der Waals surface area contributed by atoms with Crippen molar-refractivity contribution in [1.82, 2.24) is 0 Å². The monoisotopic (exact) mass is 251 g/mol. The molecule has 0 fully saturated rings. The summed E-state index contributed by atoms with van der Waals surface area (Å²) < 4.78 is 9.37. The van der Waals surface area contributed by atoms with Gasteiger partial charge in [-0.05, 0) is 31.0 Å². The van der Waals surface area contributed by atoms with Gasteiger partial charge in [0.25, 0.3) is 0 Å². The van der Waals surface area contributed by atoms with Crippen LogP contribution in [0.3, 0.4) is 0 Å². The number of anilines is 1. The fourth-order valence-electron chi connectivity index (χ4n) is 1.47. The molecule has 1 unspecified atom stereocenters. The average Bonchev–Trinajstić information content (AvgIpc) is 2.35. The van der Waals surface area contributed by atoms with Gasteiger partial charge in [0.1, 0.15) is 0 Å². The lowest BCUT2D eigenvalue weighted by Gasteiger charge is -2.10. The number of carbonyl (C=O) groups is 2. The van der Waals surface area contributed by atoms with E-state index in [-0.39, 0.29) is 6.42 Å². The zero-order valence-electron chi connectivity index (χ0n) is 10.5. The molecule has 0 heterocycles. The summed E-state index contributed by atoms with van der Waals surface area (Å²) >= 11 is 0. The van der Waals surface area contributed by atoms with Gasteiger partial charge in [0.2, 0.25) is 0 Å². The minimum absolute atomic E-state index is 0.199. The van der Waals surface area contributed by atoms with Gasteiger partial charge in [0, 0.05) is 12.1 Å². The second-order valence-electron chi connectivity index (χ2n) is 3.90. The Hall–Kier alpha value is -2.04. The third kappa shape index (κ3) is 4.45. The third-order valence-electron chi connectivity index (χ3n) is 2.41. The molecule has 0 aliphatic heterocycles. The van der Waals surface area contributed by atoms with Crippen LogP contribution >= 0.6 is 0 Å². The Bertz CT molecular complexity index is 431. The number of nitrogen functional groups attached to an aromatic ring is 1. The Kier molecular flexibility index (Phi) is 5.17. The van der Waals surface area contributed by atoms with Gasteiger partial charge in [0.15, 0.2) is 6.10 Å². The third-order valence-corrected chi connectivity index (χ3v) is 2.41. The van der Waals surface area contributed by atoms with Crippen LogP contribution in [0.5, 0.6) is 0 Å². The zero-order valence-corrected chi connectivity index (χ0v) is 10.5. The Morgan fingerprint density at radius 1 is 1.39 bits per heavy atom. The maximum atomic E-state index is 11.5. The lowest BCUT2D eigenvalue weighted by atomic mass is 10.1. The lowest BCUT2D eigenvalue weighted by molar-refractivity contribution is -0.164. The Labute approximate surface area is 106 Å². The second kappa shape index (κ2) is 6.64. The minimum atomic E-state index is -0.872. The van der Waals surface area contributed by atoms with E-state index in [4.69, 9.17) is 10.5 Å². The first-order valence-electron chi connectivity index (χ1n) is 5.64. The van der Waals surface area contributed by atoms with E-state index in [2.05, 4.69) is 4.74 Å². The van der Waals surface area contributed by atoms with Crippen LogP contribution < -0.4 is 5.73 Å². The average molecular weight is 251 g/mol. The van der Waals surface area contributed by atoms with Crippen molar-refractivity contribution >= 4 is 17.6 Å². The van der Waals surface area contributed by atoms with E-state index < -0.39 is 18.0 Å². The van der Waals surface area contributed by atoms with Gasteiger partial charge in [-0.3, -0.25) is 4.79 Å². The van der Waals surface area contributed by atoms with Crippen molar-refractivity contribution < 1.29 is 19.1 Å². The first kappa shape index (κ1) is 14.0. The molecule has 0 saturated heterocycles. The lowest BCUT2D eigenvalue weighted by Crippen LogP contribution is -2.25. The summed E-state index contributed by atoms with van der Waals surface area (Å²) in [6, 6.07) is 7.29. The first-order valence-corrected chi connectivity index (χ1v) is 5.64. The van der Waals surface area contributed by atoms with Crippen molar-refractivity contribution in [2.75, 3.05) is 12.8 Å². The molecular weight excluding hydrogens is 234 g/mol. The van der Waals surface area contributed by atoms with Crippen LogP contribution in [0, 0.1) is 0 Å². The number of methoxy groups -OCH3 is 1. The van der Waals surface area contributed by atoms with Crippen molar-refractivity contribution in [1.29, 1.82) is 0 Å². The van der Waals surface area contributed by atoms with Crippen LogP contribution in [0.25, 0.3) is 0 Å². The van der Waals surface area contributed by atoms with Crippen molar-refractivity contribution in [3.8, 4) is 0 Å². The number of esters is 2. The zero-order chi connectivity index (χ0) is 13.5. The minimum Gasteiger partial charge on any atom is -0.466 e.